The molecule has 4 rings (SSSR count). The third-order valence-corrected chi connectivity index (χ3v) is 5.36. The van der Waals surface area contributed by atoms with Crippen molar-refractivity contribution in [2.75, 3.05) is 37.6 Å². The highest BCUT2D eigenvalue weighted by Crippen LogP contribution is 2.21. The first-order valence-electron chi connectivity index (χ1n) is 8.92. The summed E-state index contributed by atoms with van der Waals surface area (Å²) in [6.45, 7) is 6.89. The van der Waals surface area contributed by atoms with Crippen LogP contribution < -0.4 is 4.90 Å². The van der Waals surface area contributed by atoms with Crippen LogP contribution >= 0.6 is 0 Å². The maximum atomic E-state index is 12.9. The van der Waals surface area contributed by atoms with Gasteiger partial charge in [-0.05, 0) is 24.5 Å². The van der Waals surface area contributed by atoms with Crippen LogP contribution in [0.4, 0.5) is 5.95 Å². The minimum absolute atomic E-state index is 0.0785. The standard InChI is InChI=1S/C18H24N6O/c1-14(24-7-6-15-4-2-3-5-16(15)12-24)17(25)22-8-10-23(11-9-22)18-19-13-20-21-18/h2-5,13-14H,6-12H2,1H3,(H,19,20,21)/t14-/m0/s1. The number of aromatic nitrogens is 3. The highest BCUT2D eigenvalue weighted by Gasteiger charge is 2.30. The number of fused-ring (bicyclic) bond motifs is 1. The number of nitrogens with zero attached hydrogens (tertiary/aromatic N) is 5. The van der Waals surface area contributed by atoms with Crippen LogP contribution in [0.2, 0.25) is 0 Å². The molecule has 2 aromatic rings. The van der Waals surface area contributed by atoms with Crippen LogP contribution in [0.3, 0.4) is 0 Å². The number of benzene rings is 1. The van der Waals surface area contributed by atoms with Gasteiger partial charge in [0, 0.05) is 39.3 Å². The molecule has 0 unspecified atom stereocenters. The first-order valence-corrected chi connectivity index (χ1v) is 8.92. The Labute approximate surface area is 147 Å². The van der Waals surface area contributed by atoms with E-state index in [1.165, 1.54) is 17.5 Å². The predicted octanol–water partition coefficient (Wildman–Crippen LogP) is 0.900. The second-order valence-corrected chi connectivity index (χ2v) is 6.79. The first kappa shape index (κ1) is 16.1. The maximum Gasteiger partial charge on any atom is 0.239 e. The monoisotopic (exact) mass is 340 g/mol. The lowest BCUT2D eigenvalue weighted by molar-refractivity contribution is -0.137. The zero-order chi connectivity index (χ0) is 17.2. The molecular formula is C18H24N6O. The number of anilines is 1. The number of rotatable bonds is 3. The summed E-state index contributed by atoms with van der Waals surface area (Å²) in [6, 6.07) is 8.47. The summed E-state index contributed by atoms with van der Waals surface area (Å²) in [5.74, 6) is 1.02. The molecule has 25 heavy (non-hydrogen) atoms. The molecule has 132 valence electrons. The van der Waals surface area contributed by atoms with Crippen molar-refractivity contribution in [2.24, 2.45) is 0 Å². The van der Waals surface area contributed by atoms with Crippen LogP contribution in [-0.4, -0.2) is 69.7 Å². The van der Waals surface area contributed by atoms with Gasteiger partial charge in [0.15, 0.2) is 0 Å². The number of amides is 1. The van der Waals surface area contributed by atoms with Crippen molar-refractivity contribution in [1.29, 1.82) is 0 Å². The molecule has 1 amide bonds. The number of piperazine rings is 1. The van der Waals surface area contributed by atoms with Gasteiger partial charge in [0.25, 0.3) is 0 Å². The smallest absolute Gasteiger partial charge is 0.239 e. The predicted molar refractivity (Wildman–Crippen MR) is 95.2 cm³/mol. The Morgan fingerprint density at radius 2 is 1.88 bits per heavy atom. The molecule has 1 N–H and O–H groups in total. The fraction of sp³-hybridized carbons (Fsp3) is 0.500. The zero-order valence-electron chi connectivity index (χ0n) is 14.6. The molecule has 1 atom stereocenters. The van der Waals surface area contributed by atoms with Crippen LogP contribution in [0.5, 0.6) is 0 Å². The Kier molecular flexibility index (Phi) is 4.40. The second-order valence-electron chi connectivity index (χ2n) is 6.79. The van der Waals surface area contributed by atoms with E-state index in [4.69, 9.17) is 0 Å². The average Bonchev–Trinajstić information content (AvgIpc) is 3.21. The van der Waals surface area contributed by atoms with E-state index in [2.05, 4.69) is 49.2 Å². The van der Waals surface area contributed by atoms with Crippen LogP contribution in [0, 0.1) is 0 Å². The Morgan fingerprint density at radius 1 is 1.12 bits per heavy atom. The summed E-state index contributed by atoms with van der Waals surface area (Å²) in [5.41, 5.74) is 2.77. The molecule has 0 radical (unpaired) electrons. The third-order valence-electron chi connectivity index (χ3n) is 5.36. The SMILES string of the molecule is C[C@@H](C(=O)N1CCN(c2ncn[nH]2)CC1)N1CCc2ccccc2C1. The van der Waals surface area contributed by atoms with E-state index < -0.39 is 0 Å². The Morgan fingerprint density at radius 3 is 2.60 bits per heavy atom. The number of carbonyl (C=O) groups is 1. The zero-order valence-corrected chi connectivity index (χ0v) is 14.6. The summed E-state index contributed by atoms with van der Waals surface area (Å²) < 4.78 is 0. The van der Waals surface area contributed by atoms with Crippen LogP contribution in [0.15, 0.2) is 30.6 Å². The fourth-order valence-electron chi connectivity index (χ4n) is 3.76. The van der Waals surface area contributed by atoms with E-state index in [9.17, 15) is 4.79 Å². The summed E-state index contributed by atoms with van der Waals surface area (Å²) in [7, 11) is 0. The fourth-order valence-corrected chi connectivity index (χ4v) is 3.76. The molecule has 1 aromatic heterocycles. The number of carbonyl (C=O) groups excluding carboxylic acids is 1. The molecule has 1 aromatic carbocycles. The minimum Gasteiger partial charge on any atom is -0.338 e. The number of aromatic amines is 1. The van der Waals surface area contributed by atoms with Crippen molar-refractivity contribution in [1.82, 2.24) is 25.0 Å². The molecule has 1 fully saturated rings. The molecule has 0 aliphatic carbocycles. The second kappa shape index (κ2) is 6.84. The summed E-state index contributed by atoms with van der Waals surface area (Å²) in [5, 5.41) is 6.78. The van der Waals surface area contributed by atoms with Crippen LogP contribution in [-0.2, 0) is 17.8 Å². The van der Waals surface area contributed by atoms with Crippen molar-refractivity contribution in [3.8, 4) is 0 Å². The Bertz CT molecular complexity index is 723. The van der Waals surface area contributed by atoms with Gasteiger partial charge in [-0.3, -0.25) is 9.69 Å². The molecule has 3 heterocycles. The minimum atomic E-state index is -0.0785. The third kappa shape index (κ3) is 3.24. The van der Waals surface area contributed by atoms with Gasteiger partial charge < -0.3 is 9.80 Å². The van der Waals surface area contributed by atoms with Crippen molar-refractivity contribution >= 4 is 11.9 Å². The molecule has 0 bridgehead atoms. The van der Waals surface area contributed by atoms with Gasteiger partial charge in [-0.25, -0.2) is 5.10 Å². The molecule has 2 aliphatic heterocycles. The molecule has 0 spiro atoms. The van der Waals surface area contributed by atoms with E-state index >= 15 is 0 Å². The highest BCUT2D eigenvalue weighted by molar-refractivity contribution is 5.81. The summed E-state index contributed by atoms with van der Waals surface area (Å²) >= 11 is 0. The number of hydrogen-bond acceptors (Lipinski definition) is 5. The van der Waals surface area contributed by atoms with Gasteiger partial charge in [-0.2, -0.15) is 10.1 Å². The van der Waals surface area contributed by atoms with Crippen molar-refractivity contribution in [3.05, 3.63) is 41.7 Å². The topological polar surface area (TPSA) is 68.4 Å². The molecule has 7 nitrogen and oxygen atoms in total. The van der Waals surface area contributed by atoms with Gasteiger partial charge in [0.05, 0.1) is 6.04 Å². The Hall–Kier alpha value is -2.41. The normalized spacial score (nSPS) is 19.6. The van der Waals surface area contributed by atoms with Gasteiger partial charge >= 0.3 is 0 Å². The Balaban J connectivity index is 1.35. The van der Waals surface area contributed by atoms with E-state index in [0.717, 1.165) is 51.6 Å². The number of hydrogen-bond donors (Lipinski definition) is 1. The quantitative estimate of drug-likeness (QED) is 0.899. The van der Waals surface area contributed by atoms with Gasteiger partial charge in [-0.1, -0.05) is 24.3 Å². The highest BCUT2D eigenvalue weighted by atomic mass is 16.2. The molecule has 1 saturated heterocycles. The van der Waals surface area contributed by atoms with Crippen LogP contribution in [0.1, 0.15) is 18.1 Å². The van der Waals surface area contributed by atoms with Gasteiger partial charge in [0.2, 0.25) is 11.9 Å². The van der Waals surface area contributed by atoms with Crippen molar-refractivity contribution < 1.29 is 4.79 Å². The van der Waals surface area contributed by atoms with Crippen LogP contribution in [0.25, 0.3) is 0 Å². The van der Waals surface area contributed by atoms with E-state index in [1.54, 1.807) is 0 Å². The van der Waals surface area contributed by atoms with E-state index in [1.807, 2.05) is 11.8 Å². The van der Waals surface area contributed by atoms with Gasteiger partial charge in [0.1, 0.15) is 6.33 Å². The van der Waals surface area contributed by atoms with E-state index in [0.29, 0.717) is 0 Å². The average molecular weight is 340 g/mol. The number of nitrogens with one attached hydrogen (secondary N) is 1. The largest absolute Gasteiger partial charge is 0.338 e. The van der Waals surface area contributed by atoms with E-state index in [-0.39, 0.29) is 11.9 Å². The first-order chi connectivity index (χ1) is 12.2. The lowest BCUT2D eigenvalue weighted by atomic mass is 9.98. The molecular weight excluding hydrogens is 316 g/mol. The van der Waals surface area contributed by atoms with Gasteiger partial charge in [-0.15, -0.1) is 0 Å². The lowest BCUT2D eigenvalue weighted by Crippen LogP contribution is -2.55. The maximum absolute atomic E-state index is 12.9. The van der Waals surface area contributed by atoms with Crippen molar-refractivity contribution in [2.45, 2.75) is 25.9 Å². The number of H-pyrrole nitrogens is 1. The molecule has 2 aliphatic rings. The van der Waals surface area contributed by atoms with Crippen molar-refractivity contribution in [3.63, 3.8) is 0 Å². The lowest BCUT2D eigenvalue weighted by Gasteiger charge is -2.39. The molecule has 7 heteroatoms. The molecule has 0 saturated carbocycles. The summed E-state index contributed by atoms with van der Waals surface area (Å²) in [6.07, 6.45) is 2.54. The summed E-state index contributed by atoms with van der Waals surface area (Å²) in [4.78, 5) is 23.5.